The van der Waals surface area contributed by atoms with Crippen LogP contribution in [-0.2, 0) is 16.0 Å². The van der Waals surface area contributed by atoms with Gasteiger partial charge >= 0.3 is 5.97 Å². The van der Waals surface area contributed by atoms with E-state index in [1.54, 1.807) is 12.1 Å². The number of carbonyl (C=O) groups excluding carboxylic acids is 1. The van der Waals surface area contributed by atoms with Crippen LogP contribution in [0.3, 0.4) is 0 Å². The molecule has 0 aliphatic heterocycles. The van der Waals surface area contributed by atoms with Crippen molar-refractivity contribution in [3.63, 3.8) is 0 Å². The van der Waals surface area contributed by atoms with Crippen LogP contribution < -0.4 is 5.32 Å². The van der Waals surface area contributed by atoms with Crippen LogP contribution in [0.2, 0.25) is 0 Å². The molecule has 23 heavy (non-hydrogen) atoms. The van der Waals surface area contributed by atoms with Crippen molar-refractivity contribution in [2.75, 3.05) is 12.4 Å². The Balaban J connectivity index is 1.68. The molecule has 3 aromatic rings. The summed E-state index contributed by atoms with van der Waals surface area (Å²) >= 11 is 0. The summed E-state index contributed by atoms with van der Waals surface area (Å²) in [5.74, 6) is 0.273. The van der Waals surface area contributed by atoms with E-state index in [0.717, 1.165) is 11.3 Å². The molecule has 0 aliphatic carbocycles. The maximum Gasteiger partial charge on any atom is 0.308 e. The molecule has 0 saturated heterocycles. The number of carbonyl (C=O) groups is 1. The summed E-state index contributed by atoms with van der Waals surface area (Å²) in [4.78, 5) is 11.4. The molecule has 1 aromatic carbocycles. The number of hydrogen-bond donors (Lipinski definition) is 1. The third-order valence-electron chi connectivity index (χ3n) is 3.44. The lowest BCUT2D eigenvalue weighted by Crippen LogP contribution is -2.15. The number of ether oxygens (including phenoxy) is 1. The van der Waals surface area contributed by atoms with Crippen molar-refractivity contribution in [1.82, 2.24) is 25.3 Å². The van der Waals surface area contributed by atoms with Crippen molar-refractivity contribution in [2.24, 2.45) is 5.92 Å². The van der Waals surface area contributed by atoms with Gasteiger partial charge in [0.1, 0.15) is 0 Å². The molecule has 1 unspecified atom stereocenters. The van der Waals surface area contributed by atoms with Crippen LogP contribution in [0.4, 0.5) is 11.5 Å². The zero-order valence-electron chi connectivity index (χ0n) is 12.8. The largest absolute Gasteiger partial charge is 0.469 e. The monoisotopic (exact) mass is 312 g/mol. The number of rotatable bonds is 5. The SMILES string of the molecule is COC(=O)C(C)Cc1ccc(Nc2ccc3nnnn3n2)cc1. The van der Waals surface area contributed by atoms with Gasteiger partial charge in [-0.3, -0.25) is 4.79 Å². The van der Waals surface area contributed by atoms with Gasteiger partial charge in [0.15, 0.2) is 11.5 Å². The molecule has 0 radical (unpaired) electrons. The van der Waals surface area contributed by atoms with E-state index in [4.69, 9.17) is 4.74 Å². The third kappa shape index (κ3) is 3.42. The van der Waals surface area contributed by atoms with E-state index in [1.807, 2.05) is 31.2 Å². The first-order valence-electron chi connectivity index (χ1n) is 7.15. The summed E-state index contributed by atoms with van der Waals surface area (Å²) in [6.45, 7) is 1.85. The minimum atomic E-state index is -0.203. The Kier molecular flexibility index (Phi) is 4.13. The van der Waals surface area contributed by atoms with Gasteiger partial charge in [-0.1, -0.05) is 19.1 Å². The normalized spacial score (nSPS) is 12.1. The molecule has 1 N–H and O–H groups in total. The summed E-state index contributed by atoms with van der Waals surface area (Å²) in [6.07, 6.45) is 0.641. The van der Waals surface area contributed by atoms with Crippen LogP contribution in [0.5, 0.6) is 0 Å². The molecule has 0 saturated carbocycles. The lowest BCUT2D eigenvalue weighted by atomic mass is 10.0. The molecule has 0 spiro atoms. The summed E-state index contributed by atoms with van der Waals surface area (Å²) in [7, 11) is 1.40. The average molecular weight is 312 g/mol. The average Bonchev–Trinajstić information content (AvgIpc) is 3.03. The number of nitrogens with one attached hydrogen (secondary N) is 1. The van der Waals surface area contributed by atoms with Gasteiger partial charge < -0.3 is 10.1 Å². The van der Waals surface area contributed by atoms with Gasteiger partial charge in [0, 0.05) is 5.69 Å². The Morgan fingerprint density at radius 1 is 1.26 bits per heavy atom. The van der Waals surface area contributed by atoms with E-state index < -0.39 is 0 Å². The molecule has 1 atom stereocenters. The summed E-state index contributed by atoms with van der Waals surface area (Å²) in [5.41, 5.74) is 2.54. The number of nitrogens with zero attached hydrogens (tertiary/aromatic N) is 5. The van der Waals surface area contributed by atoms with Crippen molar-refractivity contribution in [3.8, 4) is 0 Å². The number of anilines is 2. The fourth-order valence-electron chi connectivity index (χ4n) is 2.23. The second kappa shape index (κ2) is 6.39. The molecular weight excluding hydrogens is 296 g/mol. The molecule has 3 rings (SSSR count). The first-order valence-corrected chi connectivity index (χ1v) is 7.15. The highest BCUT2D eigenvalue weighted by Gasteiger charge is 2.13. The van der Waals surface area contributed by atoms with Crippen LogP contribution in [0.15, 0.2) is 36.4 Å². The topological polar surface area (TPSA) is 94.3 Å². The maximum atomic E-state index is 11.4. The second-order valence-corrected chi connectivity index (χ2v) is 5.20. The maximum absolute atomic E-state index is 11.4. The van der Waals surface area contributed by atoms with Crippen LogP contribution in [-0.4, -0.2) is 38.3 Å². The van der Waals surface area contributed by atoms with Crippen LogP contribution in [0, 0.1) is 5.92 Å². The number of methoxy groups -OCH3 is 1. The van der Waals surface area contributed by atoms with Crippen molar-refractivity contribution < 1.29 is 9.53 Å². The molecule has 0 bridgehead atoms. The number of hydrogen-bond acceptors (Lipinski definition) is 7. The predicted octanol–water partition coefficient (Wildman–Crippen LogP) is 1.61. The second-order valence-electron chi connectivity index (χ2n) is 5.20. The van der Waals surface area contributed by atoms with Crippen LogP contribution in [0.25, 0.3) is 5.65 Å². The zero-order chi connectivity index (χ0) is 16.2. The first-order chi connectivity index (χ1) is 11.2. The molecule has 2 heterocycles. The van der Waals surface area contributed by atoms with Crippen molar-refractivity contribution in [1.29, 1.82) is 0 Å². The molecule has 8 heteroatoms. The lowest BCUT2D eigenvalue weighted by Gasteiger charge is -2.10. The Labute approximate surface area is 132 Å². The number of benzene rings is 1. The highest BCUT2D eigenvalue weighted by atomic mass is 16.5. The zero-order valence-corrected chi connectivity index (χ0v) is 12.8. The molecule has 0 amide bonds. The van der Waals surface area contributed by atoms with Gasteiger partial charge in [0.2, 0.25) is 0 Å². The Morgan fingerprint density at radius 2 is 2.04 bits per heavy atom. The summed E-state index contributed by atoms with van der Waals surface area (Å²) in [5, 5.41) is 18.5. The van der Waals surface area contributed by atoms with E-state index >= 15 is 0 Å². The molecular formula is C15H16N6O2. The van der Waals surface area contributed by atoms with E-state index in [1.165, 1.54) is 11.7 Å². The van der Waals surface area contributed by atoms with Gasteiger partial charge in [-0.05, 0) is 46.7 Å². The van der Waals surface area contributed by atoms with Crippen LogP contribution in [0.1, 0.15) is 12.5 Å². The van der Waals surface area contributed by atoms with Gasteiger partial charge in [-0.15, -0.1) is 14.8 Å². The number of fused-ring (bicyclic) bond motifs is 1. The fourth-order valence-corrected chi connectivity index (χ4v) is 2.23. The third-order valence-corrected chi connectivity index (χ3v) is 3.44. The number of tetrazole rings is 1. The van der Waals surface area contributed by atoms with E-state index in [0.29, 0.717) is 17.9 Å². The van der Waals surface area contributed by atoms with Crippen molar-refractivity contribution in [2.45, 2.75) is 13.3 Å². The summed E-state index contributed by atoms with van der Waals surface area (Å²) in [6, 6.07) is 11.4. The van der Waals surface area contributed by atoms with Gasteiger partial charge in [0.25, 0.3) is 0 Å². The predicted molar refractivity (Wildman–Crippen MR) is 83.2 cm³/mol. The van der Waals surface area contributed by atoms with E-state index in [2.05, 4.69) is 25.9 Å². The fraction of sp³-hybridized carbons (Fsp3) is 0.267. The van der Waals surface area contributed by atoms with E-state index in [9.17, 15) is 4.79 Å². The Hall–Kier alpha value is -3.03. The molecule has 8 nitrogen and oxygen atoms in total. The molecule has 118 valence electrons. The summed E-state index contributed by atoms with van der Waals surface area (Å²) < 4.78 is 6.09. The minimum Gasteiger partial charge on any atom is -0.469 e. The lowest BCUT2D eigenvalue weighted by molar-refractivity contribution is -0.144. The van der Waals surface area contributed by atoms with Gasteiger partial charge in [-0.2, -0.15) is 0 Å². The highest BCUT2D eigenvalue weighted by Crippen LogP contribution is 2.17. The number of esters is 1. The van der Waals surface area contributed by atoms with E-state index in [-0.39, 0.29) is 11.9 Å². The van der Waals surface area contributed by atoms with Gasteiger partial charge in [-0.25, -0.2) is 0 Å². The smallest absolute Gasteiger partial charge is 0.308 e. The molecule has 2 aromatic heterocycles. The minimum absolute atomic E-state index is 0.164. The van der Waals surface area contributed by atoms with Crippen molar-refractivity contribution in [3.05, 3.63) is 42.0 Å². The Morgan fingerprint density at radius 3 is 2.78 bits per heavy atom. The van der Waals surface area contributed by atoms with Crippen LogP contribution >= 0.6 is 0 Å². The Bertz CT molecular complexity index is 814. The quantitative estimate of drug-likeness (QED) is 0.715. The first kappa shape index (κ1) is 14.9. The molecule has 0 aliphatic rings. The number of aromatic nitrogens is 5. The standard InChI is InChI=1S/C15H16N6O2/c1-10(15(22)23-2)9-11-3-5-12(6-4-11)16-13-7-8-14-17-19-20-21(14)18-13/h3-8,10H,9H2,1-2H3,(H,16,18). The van der Waals surface area contributed by atoms with Gasteiger partial charge in [0.05, 0.1) is 13.0 Å². The highest BCUT2D eigenvalue weighted by molar-refractivity contribution is 5.72. The molecule has 0 fully saturated rings. The van der Waals surface area contributed by atoms with Crippen molar-refractivity contribution >= 4 is 23.1 Å².